The van der Waals surface area contributed by atoms with Crippen molar-refractivity contribution >= 4 is 0 Å². The Bertz CT molecular complexity index is 153. The number of nitrogens with one attached hydrogen (secondary N) is 1. The van der Waals surface area contributed by atoms with E-state index < -0.39 is 0 Å². The lowest BCUT2D eigenvalue weighted by molar-refractivity contribution is 0.137. The van der Waals surface area contributed by atoms with E-state index >= 15 is 0 Å². The molecule has 0 amide bonds. The zero-order valence-electron chi connectivity index (χ0n) is 9.48. The summed E-state index contributed by atoms with van der Waals surface area (Å²) in [7, 11) is 2.18. The van der Waals surface area contributed by atoms with E-state index in [4.69, 9.17) is 0 Å². The van der Waals surface area contributed by atoms with Gasteiger partial charge in [-0.25, -0.2) is 0 Å². The molecule has 0 atom stereocenters. The van der Waals surface area contributed by atoms with Crippen LogP contribution < -0.4 is 5.32 Å². The standard InChI is InChI=1S/C11H23FN2/c1-11(10-13-7-3-6-12)4-8-14(2)9-5-11/h13H,3-10H2,1-2H3. The first-order chi connectivity index (χ1) is 6.66. The zero-order valence-corrected chi connectivity index (χ0v) is 9.48. The van der Waals surface area contributed by atoms with Gasteiger partial charge in [0.05, 0.1) is 6.67 Å². The molecule has 0 aromatic carbocycles. The fourth-order valence-electron chi connectivity index (χ4n) is 1.92. The van der Waals surface area contributed by atoms with Crippen LogP contribution >= 0.6 is 0 Å². The highest BCUT2D eigenvalue weighted by molar-refractivity contribution is 4.83. The normalized spacial score (nSPS) is 22.5. The lowest BCUT2D eigenvalue weighted by Gasteiger charge is -2.38. The summed E-state index contributed by atoms with van der Waals surface area (Å²) >= 11 is 0. The van der Waals surface area contributed by atoms with E-state index in [0.717, 1.165) is 13.1 Å². The van der Waals surface area contributed by atoms with Gasteiger partial charge in [0.2, 0.25) is 0 Å². The zero-order chi connectivity index (χ0) is 10.4. The second-order valence-electron chi connectivity index (χ2n) is 4.83. The van der Waals surface area contributed by atoms with E-state index in [1.54, 1.807) is 0 Å². The van der Waals surface area contributed by atoms with Crippen molar-refractivity contribution in [1.29, 1.82) is 0 Å². The van der Waals surface area contributed by atoms with Crippen LogP contribution in [-0.4, -0.2) is 44.8 Å². The Balaban J connectivity index is 2.15. The third kappa shape index (κ3) is 3.93. The molecule has 0 saturated carbocycles. The molecule has 1 saturated heterocycles. The van der Waals surface area contributed by atoms with Crippen molar-refractivity contribution < 1.29 is 4.39 Å². The summed E-state index contributed by atoms with van der Waals surface area (Å²) in [5.41, 5.74) is 0.433. The van der Waals surface area contributed by atoms with Crippen molar-refractivity contribution in [1.82, 2.24) is 10.2 Å². The third-order valence-corrected chi connectivity index (χ3v) is 3.23. The van der Waals surface area contributed by atoms with Crippen LogP contribution in [0.15, 0.2) is 0 Å². The van der Waals surface area contributed by atoms with Gasteiger partial charge in [-0.3, -0.25) is 4.39 Å². The van der Waals surface area contributed by atoms with Gasteiger partial charge in [0.15, 0.2) is 0 Å². The molecule has 2 nitrogen and oxygen atoms in total. The van der Waals surface area contributed by atoms with Crippen LogP contribution in [-0.2, 0) is 0 Å². The molecule has 0 aromatic rings. The van der Waals surface area contributed by atoms with Gasteiger partial charge in [-0.1, -0.05) is 6.92 Å². The molecule has 84 valence electrons. The van der Waals surface area contributed by atoms with Gasteiger partial charge in [0, 0.05) is 6.54 Å². The van der Waals surface area contributed by atoms with Crippen molar-refractivity contribution in [3.63, 3.8) is 0 Å². The van der Waals surface area contributed by atoms with Crippen molar-refractivity contribution in [3.8, 4) is 0 Å². The van der Waals surface area contributed by atoms with Gasteiger partial charge in [-0.05, 0) is 51.4 Å². The number of nitrogens with zero attached hydrogens (tertiary/aromatic N) is 1. The van der Waals surface area contributed by atoms with Crippen LogP contribution in [0.5, 0.6) is 0 Å². The van der Waals surface area contributed by atoms with Gasteiger partial charge in [-0.2, -0.15) is 0 Å². The molecule has 3 heteroatoms. The van der Waals surface area contributed by atoms with Crippen LogP contribution in [0, 0.1) is 5.41 Å². The van der Waals surface area contributed by atoms with Gasteiger partial charge in [0.25, 0.3) is 0 Å². The Morgan fingerprint density at radius 1 is 1.36 bits per heavy atom. The highest BCUT2D eigenvalue weighted by atomic mass is 19.1. The minimum atomic E-state index is -0.202. The van der Waals surface area contributed by atoms with Crippen molar-refractivity contribution in [2.45, 2.75) is 26.2 Å². The summed E-state index contributed by atoms with van der Waals surface area (Å²) in [6.45, 7) is 6.39. The van der Waals surface area contributed by atoms with Crippen LogP contribution in [0.1, 0.15) is 26.2 Å². The summed E-state index contributed by atoms with van der Waals surface area (Å²) in [6.07, 6.45) is 3.16. The maximum Gasteiger partial charge on any atom is 0.0906 e. The summed E-state index contributed by atoms with van der Waals surface area (Å²) in [5.74, 6) is 0. The Hall–Kier alpha value is -0.150. The van der Waals surface area contributed by atoms with Crippen molar-refractivity contribution in [3.05, 3.63) is 0 Å². The SMILES string of the molecule is CN1CCC(C)(CNCCCF)CC1. The van der Waals surface area contributed by atoms with E-state index in [2.05, 4.69) is 24.2 Å². The number of piperidine rings is 1. The Morgan fingerprint density at radius 2 is 2.00 bits per heavy atom. The first-order valence-corrected chi connectivity index (χ1v) is 5.61. The molecule has 1 heterocycles. The first-order valence-electron chi connectivity index (χ1n) is 5.61. The van der Waals surface area contributed by atoms with Gasteiger partial charge in [-0.15, -0.1) is 0 Å². The number of alkyl halides is 1. The monoisotopic (exact) mass is 202 g/mol. The lowest BCUT2D eigenvalue weighted by Crippen LogP contribution is -2.42. The average Bonchev–Trinajstić information content (AvgIpc) is 2.18. The van der Waals surface area contributed by atoms with Crippen LogP contribution in [0.4, 0.5) is 4.39 Å². The minimum absolute atomic E-state index is 0.202. The average molecular weight is 202 g/mol. The van der Waals surface area contributed by atoms with E-state index in [-0.39, 0.29) is 6.67 Å². The second kappa shape index (κ2) is 5.66. The highest BCUT2D eigenvalue weighted by Crippen LogP contribution is 2.29. The van der Waals surface area contributed by atoms with Crippen molar-refractivity contribution in [2.24, 2.45) is 5.41 Å². The Morgan fingerprint density at radius 3 is 2.57 bits per heavy atom. The Labute approximate surface area is 86.9 Å². The molecule has 0 unspecified atom stereocenters. The van der Waals surface area contributed by atoms with E-state index in [9.17, 15) is 4.39 Å². The van der Waals surface area contributed by atoms with Gasteiger partial charge < -0.3 is 10.2 Å². The van der Waals surface area contributed by atoms with Gasteiger partial charge in [0.1, 0.15) is 0 Å². The molecule has 0 radical (unpaired) electrons. The third-order valence-electron chi connectivity index (χ3n) is 3.23. The molecule has 0 spiro atoms. The van der Waals surface area contributed by atoms with Crippen LogP contribution in [0.2, 0.25) is 0 Å². The predicted octanol–water partition coefficient (Wildman–Crippen LogP) is 1.67. The molecule has 1 fully saturated rings. The topological polar surface area (TPSA) is 15.3 Å². The summed E-state index contributed by atoms with van der Waals surface area (Å²) in [4.78, 5) is 2.38. The lowest BCUT2D eigenvalue weighted by atomic mass is 9.80. The molecule has 0 bridgehead atoms. The molecule has 1 rings (SSSR count). The molecular weight excluding hydrogens is 179 g/mol. The van der Waals surface area contributed by atoms with Crippen LogP contribution in [0.3, 0.4) is 0 Å². The molecular formula is C11H23FN2. The van der Waals surface area contributed by atoms with E-state index in [1.807, 2.05) is 0 Å². The molecule has 0 aliphatic carbocycles. The maximum atomic E-state index is 11.9. The molecule has 1 aliphatic rings. The maximum absolute atomic E-state index is 11.9. The largest absolute Gasteiger partial charge is 0.316 e. The molecule has 1 aliphatic heterocycles. The minimum Gasteiger partial charge on any atom is -0.316 e. The number of halogens is 1. The molecule has 14 heavy (non-hydrogen) atoms. The number of likely N-dealkylation sites (tertiary alicyclic amines) is 1. The predicted molar refractivity (Wildman–Crippen MR) is 58.3 cm³/mol. The number of rotatable bonds is 5. The number of hydrogen-bond donors (Lipinski definition) is 1. The molecule has 0 aromatic heterocycles. The number of hydrogen-bond acceptors (Lipinski definition) is 2. The van der Waals surface area contributed by atoms with E-state index in [1.165, 1.54) is 25.9 Å². The quantitative estimate of drug-likeness (QED) is 0.682. The molecule has 1 N–H and O–H groups in total. The van der Waals surface area contributed by atoms with Crippen LogP contribution in [0.25, 0.3) is 0 Å². The summed E-state index contributed by atoms with van der Waals surface area (Å²) in [6, 6.07) is 0. The van der Waals surface area contributed by atoms with Gasteiger partial charge >= 0.3 is 0 Å². The Kier molecular flexibility index (Phi) is 4.82. The summed E-state index contributed by atoms with van der Waals surface area (Å²) in [5, 5.41) is 3.35. The van der Waals surface area contributed by atoms with Crippen molar-refractivity contribution in [2.75, 3.05) is 39.9 Å². The fourth-order valence-corrected chi connectivity index (χ4v) is 1.92. The van der Waals surface area contributed by atoms with E-state index in [0.29, 0.717) is 11.8 Å². The first kappa shape index (κ1) is 11.9. The fraction of sp³-hybridized carbons (Fsp3) is 1.00. The summed E-state index contributed by atoms with van der Waals surface area (Å²) < 4.78 is 11.9. The highest BCUT2D eigenvalue weighted by Gasteiger charge is 2.27. The second-order valence-corrected chi connectivity index (χ2v) is 4.83. The smallest absolute Gasteiger partial charge is 0.0906 e.